The Morgan fingerprint density at radius 2 is 1.72 bits per heavy atom. The number of benzene rings is 3. The Morgan fingerprint density at radius 1 is 1.00 bits per heavy atom. The van der Waals surface area contributed by atoms with Crippen LogP contribution in [0.25, 0.3) is 11.0 Å². The Balaban J connectivity index is 1.16. The number of hydrogen-bond donors (Lipinski definition) is 0. The van der Waals surface area contributed by atoms with Crippen molar-refractivity contribution in [1.82, 2.24) is 4.90 Å². The zero-order chi connectivity index (χ0) is 35.0. The highest BCUT2D eigenvalue weighted by molar-refractivity contribution is 9.10. The first-order chi connectivity index (χ1) is 24.1. The van der Waals surface area contributed by atoms with Gasteiger partial charge in [0.05, 0.1) is 22.9 Å². The smallest absolute Gasteiger partial charge is 0.374 e. The molecule has 12 heteroatoms. The molecule has 260 valence electrons. The molecule has 0 radical (unpaired) electrons. The topological polar surface area (TPSA) is 100 Å². The van der Waals surface area contributed by atoms with E-state index < -0.39 is 16.0 Å². The van der Waals surface area contributed by atoms with E-state index in [0.717, 1.165) is 59.6 Å². The molecule has 1 amide bonds. The number of amides is 1. The Kier molecular flexibility index (Phi) is 9.53. The monoisotopic (exact) mass is 775 g/mol. The molecule has 2 aromatic heterocycles. The third kappa shape index (κ3) is 6.44. The van der Waals surface area contributed by atoms with Gasteiger partial charge in [0, 0.05) is 53.6 Å². The molecule has 0 saturated carbocycles. The average molecular weight is 777 g/mol. The number of carbonyl (C=O) groups excluding carboxylic acids is 2. The summed E-state index contributed by atoms with van der Waals surface area (Å²) in [6.45, 7) is 6.87. The maximum absolute atomic E-state index is 14.7. The number of anilines is 2. The van der Waals surface area contributed by atoms with Gasteiger partial charge < -0.3 is 19.0 Å². The molecular formula is C38H38BrN3O6S2. The minimum atomic E-state index is -4.07. The molecule has 0 N–H and O–H groups in total. The van der Waals surface area contributed by atoms with Gasteiger partial charge in [-0.2, -0.15) is 0 Å². The van der Waals surface area contributed by atoms with Gasteiger partial charge in [-0.15, -0.1) is 11.3 Å². The van der Waals surface area contributed by atoms with Gasteiger partial charge in [0.1, 0.15) is 10.5 Å². The summed E-state index contributed by atoms with van der Waals surface area (Å²) in [7, 11) is -4.07. The maximum atomic E-state index is 14.7. The first-order valence-electron chi connectivity index (χ1n) is 16.7. The van der Waals surface area contributed by atoms with E-state index >= 15 is 0 Å². The van der Waals surface area contributed by atoms with E-state index in [1.807, 2.05) is 70.9 Å². The summed E-state index contributed by atoms with van der Waals surface area (Å²) in [6.07, 6.45) is 2.33. The number of nitrogens with zero attached hydrogens (tertiary/aromatic N) is 3. The maximum Gasteiger partial charge on any atom is 0.374 e. The summed E-state index contributed by atoms with van der Waals surface area (Å²) >= 11 is 4.95. The third-order valence-electron chi connectivity index (χ3n) is 9.87. The van der Waals surface area contributed by atoms with E-state index in [-0.39, 0.29) is 35.1 Å². The number of halogens is 1. The van der Waals surface area contributed by atoms with E-state index in [1.165, 1.54) is 21.7 Å². The Labute approximate surface area is 304 Å². The molecule has 9 nitrogen and oxygen atoms in total. The van der Waals surface area contributed by atoms with E-state index in [1.54, 1.807) is 26.0 Å². The molecule has 0 atom stereocenters. The molecule has 7 rings (SSSR count). The van der Waals surface area contributed by atoms with Crippen LogP contribution in [0.2, 0.25) is 0 Å². The van der Waals surface area contributed by atoms with Crippen LogP contribution in [0.3, 0.4) is 0 Å². The minimum absolute atomic E-state index is 0.0730. The van der Waals surface area contributed by atoms with Gasteiger partial charge in [-0.1, -0.05) is 42.5 Å². The third-order valence-corrected chi connectivity index (χ3v) is 13.5. The zero-order valence-corrected chi connectivity index (χ0v) is 31.2. The molecule has 1 spiro atoms. The molecule has 3 aromatic carbocycles. The number of para-hydroxylation sites is 2. The van der Waals surface area contributed by atoms with Crippen LogP contribution in [-0.2, 0) is 21.2 Å². The minimum Gasteiger partial charge on any atom is -0.460 e. The van der Waals surface area contributed by atoms with Crippen LogP contribution in [0.1, 0.15) is 51.1 Å². The number of carbonyl (C=O) groups is 2. The van der Waals surface area contributed by atoms with Crippen molar-refractivity contribution in [3.05, 3.63) is 110 Å². The van der Waals surface area contributed by atoms with E-state index in [0.29, 0.717) is 28.6 Å². The number of aryl methyl sites for hydroxylation is 1. The highest BCUT2D eigenvalue weighted by Gasteiger charge is 2.47. The Hall–Kier alpha value is -4.13. The van der Waals surface area contributed by atoms with Crippen LogP contribution < -0.4 is 9.21 Å². The van der Waals surface area contributed by atoms with Gasteiger partial charge in [-0.3, -0.25) is 9.10 Å². The van der Waals surface area contributed by atoms with Crippen molar-refractivity contribution in [2.24, 2.45) is 5.41 Å². The van der Waals surface area contributed by atoms with Crippen molar-refractivity contribution in [3.8, 4) is 0 Å². The van der Waals surface area contributed by atoms with E-state index in [2.05, 4.69) is 20.8 Å². The van der Waals surface area contributed by atoms with Crippen molar-refractivity contribution < 1.29 is 27.2 Å². The predicted octanol–water partition coefficient (Wildman–Crippen LogP) is 7.92. The lowest BCUT2D eigenvalue weighted by Crippen LogP contribution is -2.61. The largest absolute Gasteiger partial charge is 0.460 e. The Bertz CT molecular complexity index is 2150. The van der Waals surface area contributed by atoms with Gasteiger partial charge in [-0.05, 0) is 96.4 Å². The molecule has 2 aliphatic rings. The summed E-state index contributed by atoms with van der Waals surface area (Å²) in [5, 5.41) is 2.47. The van der Waals surface area contributed by atoms with Crippen LogP contribution >= 0.6 is 27.3 Å². The number of hydrogen-bond acceptors (Lipinski definition) is 8. The molecule has 0 aliphatic carbocycles. The second kappa shape index (κ2) is 13.9. The first kappa shape index (κ1) is 34.3. The fourth-order valence-electron chi connectivity index (χ4n) is 7.10. The molecule has 5 aromatic rings. The highest BCUT2D eigenvalue weighted by atomic mass is 79.9. The number of sulfonamides is 1. The van der Waals surface area contributed by atoms with Crippen LogP contribution in [0.15, 0.2) is 98.0 Å². The SMILES string of the molecule is CCOC(=O)c1oc2ccc(S(=O)(=O)N(CCc3ccccc3)c3ccccc3N3CCC4(CC3)CN(C(=O)c3sccc3Br)C4)cc2c1C. The van der Waals surface area contributed by atoms with Gasteiger partial charge in [0.15, 0.2) is 0 Å². The van der Waals surface area contributed by atoms with Crippen molar-refractivity contribution in [2.45, 2.75) is 38.0 Å². The van der Waals surface area contributed by atoms with Gasteiger partial charge in [-0.25, -0.2) is 13.2 Å². The number of esters is 1. The quantitative estimate of drug-likeness (QED) is 0.133. The van der Waals surface area contributed by atoms with E-state index in [9.17, 15) is 18.0 Å². The van der Waals surface area contributed by atoms with Gasteiger partial charge in [0.2, 0.25) is 5.76 Å². The summed E-state index contributed by atoms with van der Waals surface area (Å²) in [5.74, 6) is -0.432. The van der Waals surface area contributed by atoms with Crippen molar-refractivity contribution in [2.75, 3.05) is 48.5 Å². The summed E-state index contributed by atoms with van der Waals surface area (Å²) in [4.78, 5) is 30.7. The normalized spacial score (nSPS) is 15.7. The number of piperidine rings is 1. The molecule has 0 bridgehead atoms. The lowest BCUT2D eigenvalue weighted by atomic mass is 9.72. The number of fused-ring (bicyclic) bond motifs is 1. The lowest BCUT2D eigenvalue weighted by Gasteiger charge is -2.54. The zero-order valence-electron chi connectivity index (χ0n) is 27.9. The molecule has 2 aliphatic heterocycles. The molecule has 0 unspecified atom stereocenters. The number of ether oxygens (including phenoxy) is 1. The first-order valence-corrected chi connectivity index (χ1v) is 19.8. The van der Waals surface area contributed by atoms with E-state index in [4.69, 9.17) is 9.15 Å². The second-order valence-electron chi connectivity index (χ2n) is 13.0. The van der Waals surface area contributed by atoms with Gasteiger partial charge in [0.25, 0.3) is 15.9 Å². The standard InChI is InChI=1S/C38H38BrN3O6S2/c1-3-47-37(44)34-26(2)29-23-28(13-14-33(29)48-34)50(45,46)42(19-15-27-9-5-4-6-10-27)32-12-8-7-11-31(32)40-20-17-38(18-21-40)24-41(25-38)36(43)35-30(39)16-22-49-35/h4-14,16,22-23H,3,15,17-21,24-25H2,1-2H3. The van der Waals surface area contributed by atoms with Crippen molar-refractivity contribution in [1.29, 1.82) is 0 Å². The number of thiophene rings is 1. The number of furan rings is 1. The number of rotatable bonds is 10. The van der Waals surface area contributed by atoms with Gasteiger partial charge >= 0.3 is 5.97 Å². The van der Waals surface area contributed by atoms with Crippen LogP contribution in [0, 0.1) is 12.3 Å². The highest BCUT2D eigenvalue weighted by Crippen LogP contribution is 2.44. The summed E-state index contributed by atoms with van der Waals surface area (Å²) < 4.78 is 42.7. The van der Waals surface area contributed by atoms with Crippen molar-refractivity contribution in [3.63, 3.8) is 0 Å². The fraction of sp³-hybridized carbons (Fsp3) is 0.316. The Morgan fingerprint density at radius 3 is 2.42 bits per heavy atom. The lowest BCUT2D eigenvalue weighted by molar-refractivity contribution is -0.00755. The second-order valence-corrected chi connectivity index (χ2v) is 16.6. The summed E-state index contributed by atoms with van der Waals surface area (Å²) in [5.41, 5.74) is 3.53. The predicted molar refractivity (Wildman–Crippen MR) is 200 cm³/mol. The fourth-order valence-corrected chi connectivity index (χ4v) is 10.1. The van der Waals surface area contributed by atoms with Crippen molar-refractivity contribution >= 4 is 71.5 Å². The number of likely N-dealkylation sites (tertiary alicyclic amines) is 1. The molecule has 4 heterocycles. The van der Waals surface area contributed by atoms with Crippen LogP contribution in [-0.4, -0.2) is 64.5 Å². The average Bonchev–Trinajstić information content (AvgIpc) is 3.70. The summed E-state index contributed by atoms with van der Waals surface area (Å²) in [6, 6.07) is 24.2. The molecular weight excluding hydrogens is 738 g/mol. The molecule has 2 saturated heterocycles. The van der Waals surface area contributed by atoms with Crippen LogP contribution in [0.5, 0.6) is 0 Å². The van der Waals surface area contributed by atoms with Crippen LogP contribution in [0.4, 0.5) is 11.4 Å². The molecule has 2 fully saturated rings. The molecule has 50 heavy (non-hydrogen) atoms.